The molecule has 0 radical (unpaired) electrons. The molecule has 0 saturated heterocycles. The molecule has 0 aliphatic heterocycles. The van der Waals surface area contributed by atoms with Gasteiger partial charge in [0.15, 0.2) is 0 Å². The first-order valence-corrected chi connectivity index (χ1v) is 15.8. The summed E-state index contributed by atoms with van der Waals surface area (Å²) in [5.41, 5.74) is 2.52. The zero-order valence-corrected chi connectivity index (χ0v) is 28.6. The van der Waals surface area contributed by atoms with Crippen LogP contribution in [0, 0.1) is 12.8 Å². The van der Waals surface area contributed by atoms with Gasteiger partial charge in [-0.3, -0.25) is 9.36 Å². The maximum atomic E-state index is 14.3. The summed E-state index contributed by atoms with van der Waals surface area (Å²) < 4.78 is 14.5. The number of aromatic nitrogens is 3. The number of benzene rings is 2. The molecule has 2 aromatic carbocycles. The molecule has 0 aliphatic carbocycles. The smallest absolute Gasteiger partial charge is 0.407 e. The molecule has 0 aliphatic rings. The number of fused-ring (bicyclic) bond motifs is 1. The molecular weight excluding hydrogens is 638 g/mol. The van der Waals surface area contributed by atoms with Crippen molar-refractivity contribution < 1.29 is 19.1 Å². The Bertz CT molecular complexity index is 1690. The number of nitrogens with zero attached hydrogens (tertiary/aromatic N) is 4. The summed E-state index contributed by atoms with van der Waals surface area (Å²) in [5.74, 6) is 0.358. The van der Waals surface area contributed by atoms with E-state index in [1.807, 2.05) is 57.2 Å². The number of hydrogen-bond acceptors (Lipinski definition) is 6. The molecule has 0 bridgehead atoms. The van der Waals surface area contributed by atoms with Gasteiger partial charge in [0.2, 0.25) is 0 Å². The van der Waals surface area contributed by atoms with Gasteiger partial charge in [0, 0.05) is 24.3 Å². The monoisotopic (exact) mass is 679 g/mol. The number of ether oxygens (including phenoxy) is 2. The molecule has 240 valence electrons. The minimum absolute atomic E-state index is 0.0855. The average Bonchev–Trinajstić information content (AvgIpc) is 3.28. The molecule has 4 aromatic rings. The van der Waals surface area contributed by atoms with Gasteiger partial charge in [0.25, 0.3) is 5.91 Å². The number of nitrogens with one attached hydrogen (secondary N) is 1. The maximum absolute atomic E-state index is 14.3. The van der Waals surface area contributed by atoms with Crippen molar-refractivity contribution in [3.8, 4) is 5.75 Å². The van der Waals surface area contributed by atoms with Crippen LogP contribution in [0.2, 0.25) is 0 Å². The van der Waals surface area contributed by atoms with Gasteiger partial charge in [0.1, 0.15) is 11.4 Å². The van der Waals surface area contributed by atoms with E-state index in [-0.39, 0.29) is 17.5 Å². The van der Waals surface area contributed by atoms with Gasteiger partial charge in [-0.2, -0.15) is 9.61 Å². The number of alkyl carbamates (subject to hydrolysis) is 1. The number of hydrogen-bond donors (Lipinski definition) is 1. The third-order valence-corrected chi connectivity index (χ3v) is 8.30. The highest BCUT2D eigenvalue weighted by Crippen LogP contribution is 2.33. The fourth-order valence-electron chi connectivity index (χ4n) is 5.29. The quantitative estimate of drug-likeness (QED) is 0.185. The lowest BCUT2D eigenvalue weighted by atomic mass is 9.96. The fraction of sp³-hybridized carbons (Fsp3) is 0.412. The number of carbonyl (C=O) groups excluding carboxylic acids is 2. The van der Waals surface area contributed by atoms with Crippen LogP contribution in [-0.4, -0.2) is 56.9 Å². The van der Waals surface area contributed by atoms with Gasteiger partial charge in [0.05, 0.1) is 35.4 Å². The molecular formula is C34H42BrN5O5. The predicted octanol–water partition coefficient (Wildman–Crippen LogP) is 6.38. The van der Waals surface area contributed by atoms with Crippen molar-refractivity contribution in [1.29, 1.82) is 0 Å². The molecule has 2 aromatic heterocycles. The van der Waals surface area contributed by atoms with Crippen molar-refractivity contribution in [3.63, 3.8) is 0 Å². The Morgan fingerprint density at radius 2 is 1.73 bits per heavy atom. The second-order valence-corrected chi connectivity index (χ2v) is 13.1. The molecule has 1 N–H and O–H groups in total. The maximum Gasteiger partial charge on any atom is 0.407 e. The number of aryl methyl sites for hydroxylation is 1. The second-order valence-electron chi connectivity index (χ2n) is 12.3. The molecule has 0 spiro atoms. The zero-order valence-electron chi connectivity index (χ0n) is 27.0. The van der Waals surface area contributed by atoms with E-state index in [9.17, 15) is 14.4 Å². The van der Waals surface area contributed by atoms with Gasteiger partial charge in [-0.1, -0.05) is 44.2 Å². The van der Waals surface area contributed by atoms with E-state index in [4.69, 9.17) is 9.47 Å². The molecule has 45 heavy (non-hydrogen) atoms. The highest BCUT2D eigenvalue weighted by Gasteiger charge is 2.32. The van der Waals surface area contributed by atoms with Crippen LogP contribution in [0.3, 0.4) is 0 Å². The average molecular weight is 681 g/mol. The summed E-state index contributed by atoms with van der Waals surface area (Å²) in [7, 11) is 1.58. The van der Waals surface area contributed by atoms with Crippen molar-refractivity contribution in [1.82, 2.24) is 24.4 Å². The first kappa shape index (κ1) is 33.8. The van der Waals surface area contributed by atoms with E-state index in [0.717, 1.165) is 10.0 Å². The van der Waals surface area contributed by atoms with Crippen LogP contribution >= 0.6 is 15.9 Å². The normalized spacial score (nSPS) is 12.3. The van der Waals surface area contributed by atoms with Crippen molar-refractivity contribution in [3.05, 3.63) is 98.1 Å². The van der Waals surface area contributed by atoms with Gasteiger partial charge in [-0.15, -0.1) is 0 Å². The van der Waals surface area contributed by atoms with E-state index >= 15 is 0 Å². The number of rotatable bonds is 11. The minimum Gasteiger partial charge on any atom is -0.497 e. The number of amides is 2. The molecule has 11 heteroatoms. The Hall–Kier alpha value is -4.12. The van der Waals surface area contributed by atoms with Crippen LogP contribution < -0.4 is 15.7 Å². The summed E-state index contributed by atoms with van der Waals surface area (Å²) in [6.45, 7) is 12.3. The summed E-state index contributed by atoms with van der Waals surface area (Å²) >= 11 is 3.62. The molecule has 10 nitrogen and oxygen atoms in total. The van der Waals surface area contributed by atoms with Crippen LogP contribution in [0.1, 0.15) is 74.4 Å². The third kappa shape index (κ3) is 8.13. The van der Waals surface area contributed by atoms with Crippen molar-refractivity contribution in [2.75, 3.05) is 20.2 Å². The molecule has 2 amide bonds. The largest absolute Gasteiger partial charge is 0.497 e. The van der Waals surface area contributed by atoms with Crippen LogP contribution in [0.4, 0.5) is 4.79 Å². The SMILES string of the molecule is COc1ccc(C(=O)N(CCCNC(=O)OC(C)(C)C)[C@@H](c2cc3c(Br)c(C)nn3c(=O)n2Cc2ccccc2)C(C)C)cc1. The van der Waals surface area contributed by atoms with Gasteiger partial charge in [-0.25, -0.2) is 9.59 Å². The third-order valence-electron chi connectivity index (χ3n) is 7.32. The van der Waals surface area contributed by atoms with Gasteiger partial charge < -0.3 is 19.7 Å². The lowest BCUT2D eigenvalue weighted by Gasteiger charge is -2.36. The van der Waals surface area contributed by atoms with Crippen molar-refractivity contribution >= 4 is 33.4 Å². The molecule has 0 saturated carbocycles. The summed E-state index contributed by atoms with van der Waals surface area (Å²) in [6.07, 6.45) is -0.0515. The van der Waals surface area contributed by atoms with E-state index < -0.39 is 17.7 Å². The van der Waals surface area contributed by atoms with E-state index in [2.05, 4.69) is 26.3 Å². The Kier molecular flexibility index (Phi) is 10.7. The van der Waals surface area contributed by atoms with Crippen LogP contribution in [0.5, 0.6) is 5.75 Å². The molecule has 1 atom stereocenters. The predicted molar refractivity (Wildman–Crippen MR) is 178 cm³/mol. The Balaban J connectivity index is 1.81. The van der Waals surface area contributed by atoms with Crippen LogP contribution in [-0.2, 0) is 11.3 Å². The van der Waals surface area contributed by atoms with Crippen molar-refractivity contribution in [2.45, 2.75) is 66.2 Å². The van der Waals surface area contributed by atoms with Gasteiger partial charge in [-0.05, 0) is 91.9 Å². The lowest BCUT2D eigenvalue weighted by molar-refractivity contribution is 0.0520. The molecule has 4 rings (SSSR count). The van der Waals surface area contributed by atoms with Crippen LogP contribution in [0.15, 0.2) is 69.9 Å². The van der Waals surface area contributed by atoms with Gasteiger partial charge >= 0.3 is 11.8 Å². The van der Waals surface area contributed by atoms with Crippen molar-refractivity contribution in [2.24, 2.45) is 5.92 Å². The summed E-state index contributed by atoms with van der Waals surface area (Å²) in [4.78, 5) is 42.5. The fourth-order valence-corrected chi connectivity index (χ4v) is 5.65. The van der Waals surface area contributed by atoms with Crippen LogP contribution in [0.25, 0.3) is 5.52 Å². The zero-order chi connectivity index (χ0) is 32.9. The standard InChI is InChI=1S/C34H42BrN5O5/c1-22(2)30(28-20-27-29(35)23(3)37-40(27)33(43)39(28)21-24-12-9-8-10-13-24)38(19-11-18-36-32(42)45-34(4,5)6)31(41)25-14-16-26(44-7)17-15-25/h8-10,12-17,20,22,30H,11,18-19,21H2,1-7H3,(H,36,42)/t30-/m1/s1. The second kappa shape index (κ2) is 14.3. The number of carbonyl (C=O) groups is 2. The van der Waals surface area contributed by atoms with E-state index in [1.165, 1.54) is 4.52 Å². The number of methoxy groups -OCH3 is 1. The Labute approximate surface area is 272 Å². The summed E-state index contributed by atoms with van der Waals surface area (Å²) in [6, 6.07) is 18.2. The minimum atomic E-state index is -0.620. The molecule has 0 fully saturated rings. The highest BCUT2D eigenvalue weighted by molar-refractivity contribution is 9.10. The topological polar surface area (TPSA) is 107 Å². The Morgan fingerprint density at radius 3 is 2.33 bits per heavy atom. The molecule has 0 unspecified atom stereocenters. The number of halogens is 1. The Morgan fingerprint density at radius 1 is 1.07 bits per heavy atom. The highest BCUT2D eigenvalue weighted by atomic mass is 79.9. The van der Waals surface area contributed by atoms with E-state index in [1.54, 1.807) is 61.6 Å². The molecule has 2 heterocycles. The lowest BCUT2D eigenvalue weighted by Crippen LogP contribution is -2.43. The first-order chi connectivity index (χ1) is 21.3. The first-order valence-electron chi connectivity index (χ1n) is 15.0. The van der Waals surface area contributed by atoms with E-state index in [0.29, 0.717) is 54.3 Å². The summed E-state index contributed by atoms with van der Waals surface area (Å²) in [5, 5.41) is 7.29.